The van der Waals surface area contributed by atoms with Crippen LogP contribution in [0.4, 0.5) is 34.1 Å². The predicted octanol–water partition coefficient (Wildman–Crippen LogP) is 12.3. The molecule has 0 aliphatic heterocycles. The Hall–Kier alpha value is -5.86. The van der Waals surface area contributed by atoms with Crippen molar-refractivity contribution in [2.75, 3.05) is 9.80 Å². The van der Waals surface area contributed by atoms with Crippen molar-refractivity contribution in [2.45, 2.75) is 6.92 Å². The second kappa shape index (κ2) is 12.8. The van der Waals surface area contributed by atoms with Gasteiger partial charge in [-0.15, -0.1) is 0 Å². The molecule has 0 spiro atoms. The van der Waals surface area contributed by atoms with Crippen LogP contribution >= 0.6 is 0 Å². The molecule has 0 radical (unpaired) electrons. The summed E-state index contributed by atoms with van der Waals surface area (Å²) in [4.78, 5) is 4.60. The van der Waals surface area contributed by atoms with Crippen LogP contribution in [-0.4, -0.2) is 0 Å². The van der Waals surface area contributed by atoms with Gasteiger partial charge in [0.25, 0.3) is 0 Å². The van der Waals surface area contributed by atoms with Gasteiger partial charge in [-0.1, -0.05) is 121 Å². The van der Waals surface area contributed by atoms with E-state index in [2.05, 4.69) is 205 Å². The molecule has 0 aromatic heterocycles. The summed E-state index contributed by atoms with van der Waals surface area (Å²) < 4.78 is 0. The van der Waals surface area contributed by atoms with Gasteiger partial charge < -0.3 is 9.80 Å². The molecule has 45 heavy (non-hydrogen) atoms. The second-order valence-electron chi connectivity index (χ2n) is 11.2. The normalized spacial score (nSPS) is 11.1. The Morgan fingerprint density at radius 1 is 0.333 bits per heavy atom. The minimum absolute atomic E-state index is 1.12. The molecule has 7 aromatic carbocycles. The van der Waals surface area contributed by atoms with Crippen LogP contribution in [0.5, 0.6) is 0 Å². The summed E-state index contributed by atoms with van der Waals surface area (Å²) in [5.74, 6) is 0. The first-order valence-electron chi connectivity index (χ1n) is 15.4. The molecule has 216 valence electrons. The van der Waals surface area contributed by atoms with E-state index < -0.39 is 0 Å². The minimum Gasteiger partial charge on any atom is -0.311 e. The van der Waals surface area contributed by atoms with Crippen molar-refractivity contribution in [2.24, 2.45) is 0 Å². The van der Waals surface area contributed by atoms with E-state index in [1.165, 1.54) is 16.3 Å². The monoisotopic (exact) mass is 578 g/mol. The number of para-hydroxylation sites is 2. The van der Waals surface area contributed by atoms with Gasteiger partial charge in [0.05, 0.1) is 0 Å². The molecule has 0 bridgehead atoms. The number of nitrogens with zero attached hydrogens (tertiary/aromatic N) is 2. The number of hydrogen-bond donors (Lipinski definition) is 0. The average Bonchev–Trinajstić information content (AvgIpc) is 3.10. The van der Waals surface area contributed by atoms with E-state index in [4.69, 9.17) is 0 Å². The summed E-state index contributed by atoms with van der Waals surface area (Å²) >= 11 is 0. The molecule has 0 aliphatic carbocycles. The van der Waals surface area contributed by atoms with Crippen molar-refractivity contribution in [1.29, 1.82) is 0 Å². The summed E-state index contributed by atoms with van der Waals surface area (Å²) in [5.41, 5.74) is 10.4. The summed E-state index contributed by atoms with van der Waals surface area (Å²) in [6.07, 6.45) is 4.35. The van der Waals surface area contributed by atoms with E-state index >= 15 is 0 Å². The summed E-state index contributed by atoms with van der Waals surface area (Å²) in [6, 6.07) is 62.4. The predicted molar refractivity (Wildman–Crippen MR) is 193 cm³/mol. The van der Waals surface area contributed by atoms with E-state index in [1.807, 2.05) is 0 Å². The van der Waals surface area contributed by atoms with Crippen LogP contribution in [-0.2, 0) is 0 Å². The van der Waals surface area contributed by atoms with Crippen LogP contribution in [0.25, 0.3) is 22.9 Å². The molecule has 2 nitrogen and oxygen atoms in total. The maximum Gasteiger partial charge on any atom is 0.0468 e. The summed E-state index contributed by atoms with van der Waals surface area (Å²) in [7, 11) is 0. The fraction of sp³-hybridized carbons (Fsp3) is 0.0233. The van der Waals surface area contributed by atoms with Crippen LogP contribution in [0.1, 0.15) is 16.7 Å². The van der Waals surface area contributed by atoms with Crippen LogP contribution in [0.2, 0.25) is 0 Å². The third kappa shape index (κ3) is 6.27. The van der Waals surface area contributed by atoms with Crippen LogP contribution in [0, 0.1) is 6.92 Å². The van der Waals surface area contributed by atoms with Crippen molar-refractivity contribution in [3.05, 3.63) is 193 Å². The quantitative estimate of drug-likeness (QED) is 0.166. The van der Waals surface area contributed by atoms with Gasteiger partial charge in [0.1, 0.15) is 0 Å². The van der Waals surface area contributed by atoms with E-state index in [9.17, 15) is 0 Å². The molecule has 0 fully saturated rings. The van der Waals surface area contributed by atoms with Gasteiger partial charge in [0.15, 0.2) is 0 Å². The highest BCUT2D eigenvalue weighted by Gasteiger charge is 2.13. The maximum absolute atomic E-state index is 2.31. The Balaban J connectivity index is 1.13. The molecular weight excluding hydrogens is 544 g/mol. The maximum atomic E-state index is 2.31. The molecule has 2 heteroatoms. The average molecular weight is 579 g/mol. The van der Waals surface area contributed by atoms with Crippen molar-refractivity contribution in [1.82, 2.24) is 0 Å². The van der Waals surface area contributed by atoms with E-state index in [-0.39, 0.29) is 0 Å². The largest absolute Gasteiger partial charge is 0.311 e. The zero-order valence-corrected chi connectivity index (χ0v) is 25.3. The van der Waals surface area contributed by atoms with Crippen molar-refractivity contribution in [3.8, 4) is 0 Å². The summed E-state index contributed by atoms with van der Waals surface area (Å²) in [5, 5.41) is 2.47. The fourth-order valence-electron chi connectivity index (χ4n) is 5.72. The lowest BCUT2D eigenvalue weighted by Crippen LogP contribution is -2.09. The van der Waals surface area contributed by atoms with Gasteiger partial charge in [-0.05, 0) is 102 Å². The highest BCUT2D eigenvalue weighted by molar-refractivity contribution is 5.89. The van der Waals surface area contributed by atoms with Gasteiger partial charge in [-0.2, -0.15) is 0 Å². The highest BCUT2D eigenvalue weighted by Crippen LogP contribution is 2.37. The summed E-state index contributed by atoms with van der Waals surface area (Å²) in [6.45, 7) is 2.12. The highest BCUT2D eigenvalue weighted by atomic mass is 15.1. The third-order valence-electron chi connectivity index (χ3n) is 8.08. The molecule has 0 amide bonds. The van der Waals surface area contributed by atoms with Gasteiger partial charge in [0.2, 0.25) is 0 Å². The van der Waals surface area contributed by atoms with Crippen LogP contribution in [0.3, 0.4) is 0 Å². The lowest BCUT2D eigenvalue weighted by Gasteiger charge is -2.26. The first-order valence-corrected chi connectivity index (χ1v) is 15.4. The Bertz CT molecular complexity index is 2030. The van der Waals surface area contributed by atoms with E-state index in [0.717, 1.165) is 45.3 Å². The molecule has 0 saturated carbocycles. The molecule has 0 heterocycles. The fourth-order valence-corrected chi connectivity index (χ4v) is 5.72. The number of benzene rings is 7. The lowest BCUT2D eigenvalue weighted by molar-refractivity contribution is 1.27. The number of fused-ring (bicyclic) bond motifs is 1. The zero-order chi connectivity index (χ0) is 30.4. The molecule has 0 atom stereocenters. The Labute approximate surface area is 265 Å². The van der Waals surface area contributed by atoms with Gasteiger partial charge in [-0.25, -0.2) is 0 Å². The SMILES string of the molecule is Cc1ccc(N(c2ccccc2)c2ccc(C=Cc3ccc(N(c4ccccc4)c4ccc5ccccc5c4)cc3)cc2)cc1. The first-order chi connectivity index (χ1) is 22.2. The van der Waals surface area contributed by atoms with Crippen LogP contribution in [0.15, 0.2) is 176 Å². The van der Waals surface area contributed by atoms with Gasteiger partial charge in [0, 0.05) is 34.1 Å². The lowest BCUT2D eigenvalue weighted by atomic mass is 10.1. The molecule has 7 rings (SSSR count). The van der Waals surface area contributed by atoms with Crippen molar-refractivity contribution < 1.29 is 0 Å². The number of hydrogen-bond acceptors (Lipinski definition) is 2. The van der Waals surface area contributed by atoms with Crippen LogP contribution < -0.4 is 9.80 Å². The number of anilines is 6. The van der Waals surface area contributed by atoms with Crippen molar-refractivity contribution in [3.63, 3.8) is 0 Å². The molecule has 0 unspecified atom stereocenters. The number of rotatable bonds is 8. The third-order valence-corrected chi connectivity index (χ3v) is 8.08. The molecule has 0 aliphatic rings. The number of aryl methyl sites for hydroxylation is 1. The molecule has 7 aromatic rings. The van der Waals surface area contributed by atoms with Gasteiger partial charge >= 0.3 is 0 Å². The second-order valence-corrected chi connectivity index (χ2v) is 11.2. The Morgan fingerprint density at radius 2 is 0.711 bits per heavy atom. The van der Waals surface area contributed by atoms with E-state index in [1.54, 1.807) is 0 Å². The standard InChI is InChI=1S/C43H34N2/c1-33-16-25-40(26-17-33)44(38-12-4-2-5-13-38)41-27-20-34(21-28-41)18-19-35-22-29-42(30-23-35)45(39-14-6-3-7-15-39)43-31-24-36-10-8-9-11-37(36)32-43/h2-32H,1H3. The van der Waals surface area contributed by atoms with E-state index in [0.29, 0.717) is 0 Å². The smallest absolute Gasteiger partial charge is 0.0468 e. The van der Waals surface area contributed by atoms with Gasteiger partial charge in [-0.3, -0.25) is 0 Å². The topological polar surface area (TPSA) is 6.48 Å². The molecule has 0 saturated heterocycles. The molecular formula is C43H34N2. The zero-order valence-electron chi connectivity index (χ0n) is 25.3. The minimum atomic E-state index is 1.12. The first kappa shape index (κ1) is 27.9. The Morgan fingerprint density at radius 3 is 1.22 bits per heavy atom. The molecule has 0 N–H and O–H groups in total. The Kier molecular flexibility index (Phi) is 7.94. The van der Waals surface area contributed by atoms with Crippen molar-refractivity contribution >= 4 is 57.0 Å².